The molecule has 0 saturated carbocycles. The van der Waals surface area contributed by atoms with Crippen LogP contribution >= 0.6 is 0 Å². The van der Waals surface area contributed by atoms with E-state index in [0.717, 1.165) is 33.2 Å². The lowest BCUT2D eigenvalue weighted by Gasteiger charge is -2.26. The number of carbonyl (C=O) groups is 1. The molecule has 33 heavy (non-hydrogen) atoms. The first-order valence-electron chi connectivity index (χ1n) is 11.4. The van der Waals surface area contributed by atoms with E-state index in [-0.39, 0.29) is 5.91 Å². The zero-order chi connectivity index (χ0) is 22.8. The van der Waals surface area contributed by atoms with Gasteiger partial charge in [0.25, 0.3) is 0 Å². The van der Waals surface area contributed by atoms with Gasteiger partial charge in [0.1, 0.15) is 11.3 Å². The van der Waals surface area contributed by atoms with Gasteiger partial charge < -0.3 is 18.8 Å². The second-order valence-electron chi connectivity index (χ2n) is 8.22. The summed E-state index contributed by atoms with van der Waals surface area (Å²) in [5.41, 5.74) is 4.67. The van der Waals surface area contributed by atoms with Crippen molar-refractivity contribution in [2.45, 2.75) is 13.8 Å². The van der Waals surface area contributed by atoms with E-state index in [1.54, 1.807) is 6.08 Å². The summed E-state index contributed by atoms with van der Waals surface area (Å²) < 4.78 is 17.3. The molecule has 1 aliphatic heterocycles. The van der Waals surface area contributed by atoms with Gasteiger partial charge in [-0.25, -0.2) is 0 Å². The number of morpholine rings is 1. The Morgan fingerprint density at radius 1 is 1.03 bits per heavy atom. The predicted octanol–water partition coefficient (Wildman–Crippen LogP) is 5.91. The summed E-state index contributed by atoms with van der Waals surface area (Å²) in [5, 5.41) is 3.35. The minimum Gasteiger partial charge on any atom is -0.493 e. The highest BCUT2D eigenvalue weighted by molar-refractivity contribution is 6.06. The lowest BCUT2D eigenvalue weighted by Crippen LogP contribution is -2.39. The van der Waals surface area contributed by atoms with Crippen LogP contribution in [-0.2, 0) is 9.53 Å². The van der Waals surface area contributed by atoms with Crippen LogP contribution in [0, 0.1) is 0 Å². The van der Waals surface area contributed by atoms with Gasteiger partial charge in [-0.1, -0.05) is 42.5 Å². The summed E-state index contributed by atoms with van der Waals surface area (Å²) in [6.45, 7) is 6.84. The number of amides is 1. The Morgan fingerprint density at radius 2 is 1.82 bits per heavy atom. The molecule has 5 rings (SSSR count). The predicted molar refractivity (Wildman–Crippen MR) is 131 cm³/mol. The van der Waals surface area contributed by atoms with E-state index < -0.39 is 0 Å². The molecule has 4 aromatic rings. The third-order valence-corrected chi connectivity index (χ3v) is 6.14. The first-order valence-corrected chi connectivity index (χ1v) is 11.4. The fourth-order valence-corrected chi connectivity index (χ4v) is 4.44. The Hall–Kier alpha value is -3.57. The van der Waals surface area contributed by atoms with E-state index in [1.807, 2.05) is 37.1 Å². The van der Waals surface area contributed by atoms with Crippen LogP contribution in [0.1, 0.15) is 19.4 Å². The average molecular weight is 442 g/mol. The maximum Gasteiger partial charge on any atom is 0.247 e. The molecule has 1 aromatic heterocycles. The largest absolute Gasteiger partial charge is 0.493 e. The zero-order valence-electron chi connectivity index (χ0n) is 19.0. The van der Waals surface area contributed by atoms with Gasteiger partial charge in [-0.2, -0.15) is 0 Å². The molecule has 5 heteroatoms. The van der Waals surface area contributed by atoms with Crippen molar-refractivity contribution in [3.05, 3.63) is 72.5 Å². The van der Waals surface area contributed by atoms with Gasteiger partial charge >= 0.3 is 0 Å². The number of hydrogen-bond donors (Lipinski definition) is 0. The van der Waals surface area contributed by atoms with Crippen molar-refractivity contribution in [3.8, 4) is 16.9 Å². The second-order valence-corrected chi connectivity index (χ2v) is 8.22. The number of fused-ring (bicyclic) bond motifs is 2. The molecular weight excluding hydrogens is 414 g/mol. The lowest BCUT2D eigenvalue weighted by molar-refractivity contribution is -0.129. The van der Waals surface area contributed by atoms with E-state index in [9.17, 15) is 4.79 Å². The third-order valence-electron chi connectivity index (χ3n) is 6.14. The van der Waals surface area contributed by atoms with Crippen LogP contribution in [0.25, 0.3) is 38.4 Å². The Balaban J connectivity index is 1.61. The van der Waals surface area contributed by atoms with Gasteiger partial charge in [0, 0.05) is 41.7 Å². The van der Waals surface area contributed by atoms with Gasteiger partial charge in [-0.15, -0.1) is 0 Å². The summed E-state index contributed by atoms with van der Waals surface area (Å²) in [4.78, 5) is 14.7. The molecule has 0 N–H and O–H groups in total. The summed E-state index contributed by atoms with van der Waals surface area (Å²) in [5.74, 6) is 0.715. The fraction of sp³-hybridized carbons (Fsp3) is 0.250. The quantitative estimate of drug-likeness (QED) is 0.361. The van der Waals surface area contributed by atoms with Crippen LogP contribution in [0.4, 0.5) is 0 Å². The minimum atomic E-state index is -0.000170. The number of benzene rings is 3. The topological polar surface area (TPSA) is 51.9 Å². The number of allylic oxidation sites excluding steroid dienone is 1. The van der Waals surface area contributed by atoms with Crippen molar-refractivity contribution < 1.29 is 18.7 Å². The zero-order valence-corrected chi connectivity index (χ0v) is 19.0. The van der Waals surface area contributed by atoms with Crippen molar-refractivity contribution in [1.29, 1.82) is 0 Å². The maximum absolute atomic E-state index is 12.8. The maximum atomic E-state index is 12.8. The van der Waals surface area contributed by atoms with Crippen LogP contribution in [0.15, 0.2) is 71.4 Å². The summed E-state index contributed by atoms with van der Waals surface area (Å²) >= 11 is 0. The highest BCUT2D eigenvalue weighted by Gasteiger charge is 2.19. The Morgan fingerprint density at radius 3 is 2.64 bits per heavy atom. The fourth-order valence-electron chi connectivity index (χ4n) is 4.44. The minimum absolute atomic E-state index is 0.000170. The summed E-state index contributed by atoms with van der Waals surface area (Å²) in [6.07, 6.45) is 3.51. The van der Waals surface area contributed by atoms with Gasteiger partial charge in [0.05, 0.1) is 26.1 Å². The molecule has 0 aliphatic carbocycles. The van der Waals surface area contributed by atoms with Gasteiger partial charge in [-0.3, -0.25) is 4.79 Å². The standard InChI is InChI=1S/C28H27NO4/c1-3-32-26-17-27-24(16-23(26)19(2)15-28(30)29-11-13-31-14-12-29)25(18-33-27)22-10-6-8-20-7-4-5-9-21(20)22/h4-10,15-18H,3,11-14H2,1-2H3/b19-15+. The Labute approximate surface area is 193 Å². The first kappa shape index (κ1) is 21.3. The van der Waals surface area contributed by atoms with E-state index in [2.05, 4.69) is 42.5 Å². The second kappa shape index (κ2) is 9.12. The molecule has 1 amide bonds. The van der Waals surface area contributed by atoms with Gasteiger partial charge in [-0.05, 0) is 41.8 Å². The number of carbonyl (C=O) groups excluding carboxylic acids is 1. The lowest BCUT2D eigenvalue weighted by atomic mass is 9.96. The molecule has 168 valence electrons. The number of furan rings is 1. The first-order chi connectivity index (χ1) is 16.2. The van der Waals surface area contributed by atoms with E-state index in [0.29, 0.717) is 38.7 Å². The van der Waals surface area contributed by atoms with Crippen LogP contribution in [0.5, 0.6) is 5.75 Å². The molecule has 1 saturated heterocycles. The molecule has 1 aliphatic rings. The van der Waals surface area contributed by atoms with Crippen LogP contribution in [0.2, 0.25) is 0 Å². The molecule has 0 spiro atoms. The SMILES string of the molecule is CCOc1cc2occ(-c3cccc4ccccc34)c2cc1/C(C)=C/C(=O)N1CCOCC1. The van der Waals surface area contributed by atoms with E-state index in [4.69, 9.17) is 13.9 Å². The van der Waals surface area contributed by atoms with Crippen LogP contribution in [-0.4, -0.2) is 43.7 Å². The third kappa shape index (κ3) is 4.12. The number of rotatable bonds is 5. The van der Waals surface area contributed by atoms with Crippen molar-refractivity contribution in [1.82, 2.24) is 4.90 Å². The molecular formula is C28H27NO4. The average Bonchev–Trinajstić information content (AvgIpc) is 3.26. The van der Waals surface area contributed by atoms with Crippen molar-refractivity contribution in [3.63, 3.8) is 0 Å². The molecule has 0 bridgehead atoms. The smallest absolute Gasteiger partial charge is 0.247 e. The molecule has 0 atom stereocenters. The van der Waals surface area contributed by atoms with Gasteiger partial charge in [0.2, 0.25) is 5.91 Å². The number of hydrogen-bond acceptors (Lipinski definition) is 4. The molecule has 2 heterocycles. The molecule has 3 aromatic carbocycles. The molecule has 0 unspecified atom stereocenters. The highest BCUT2D eigenvalue weighted by atomic mass is 16.5. The van der Waals surface area contributed by atoms with E-state index >= 15 is 0 Å². The molecule has 5 nitrogen and oxygen atoms in total. The van der Waals surface area contributed by atoms with E-state index in [1.165, 1.54) is 10.8 Å². The summed E-state index contributed by atoms with van der Waals surface area (Å²) in [6, 6.07) is 18.7. The number of ether oxygens (including phenoxy) is 2. The highest BCUT2D eigenvalue weighted by Crippen LogP contribution is 2.39. The normalized spacial score (nSPS) is 14.7. The molecule has 1 fully saturated rings. The van der Waals surface area contributed by atoms with Crippen molar-refractivity contribution in [2.24, 2.45) is 0 Å². The van der Waals surface area contributed by atoms with Crippen molar-refractivity contribution >= 4 is 33.2 Å². The summed E-state index contributed by atoms with van der Waals surface area (Å²) in [7, 11) is 0. The van der Waals surface area contributed by atoms with Gasteiger partial charge in [0.15, 0.2) is 0 Å². The Kier molecular flexibility index (Phi) is 5.88. The Bertz CT molecular complexity index is 1340. The number of nitrogens with zero attached hydrogens (tertiary/aromatic N) is 1. The molecule has 0 radical (unpaired) electrons. The van der Waals surface area contributed by atoms with Crippen LogP contribution < -0.4 is 4.74 Å². The van der Waals surface area contributed by atoms with Crippen LogP contribution in [0.3, 0.4) is 0 Å². The van der Waals surface area contributed by atoms with Crippen molar-refractivity contribution in [2.75, 3.05) is 32.9 Å². The monoisotopic (exact) mass is 441 g/mol.